The molecule has 1 aliphatic heterocycles. The van der Waals surface area contributed by atoms with Crippen LogP contribution in [0.2, 0.25) is 0 Å². The van der Waals surface area contributed by atoms with Gasteiger partial charge in [-0.15, -0.1) is 0 Å². The second-order valence-corrected chi connectivity index (χ2v) is 7.55. The molecule has 0 aliphatic carbocycles. The summed E-state index contributed by atoms with van der Waals surface area (Å²) in [7, 11) is 0. The van der Waals surface area contributed by atoms with E-state index in [0.29, 0.717) is 35.9 Å². The summed E-state index contributed by atoms with van der Waals surface area (Å²) < 4.78 is 5.42. The molecule has 2 N–H and O–H groups in total. The van der Waals surface area contributed by atoms with Gasteiger partial charge in [0.25, 0.3) is 11.8 Å². The van der Waals surface area contributed by atoms with E-state index in [-0.39, 0.29) is 23.8 Å². The van der Waals surface area contributed by atoms with Crippen LogP contribution in [0.25, 0.3) is 11.5 Å². The summed E-state index contributed by atoms with van der Waals surface area (Å²) in [6.07, 6.45) is 0. The number of hydrogen-bond acceptors (Lipinski definition) is 5. The Hall–Kier alpha value is -2.99. The summed E-state index contributed by atoms with van der Waals surface area (Å²) in [6.45, 7) is 5.12. The topological polar surface area (TPSA) is 85.2 Å². The molecule has 2 atom stereocenters. The summed E-state index contributed by atoms with van der Waals surface area (Å²) in [5, 5.41) is 4.02. The lowest BCUT2D eigenvalue weighted by atomic mass is 9.95. The molecule has 1 aliphatic rings. The number of amides is 1. The second-order valence-electron chi connectivity index (χ2n) is 7.55. The maximum Gasteiger partial charge on any atom is 0.258 e. The van der Waals surface area contributed by atoms with Crippen molar-refractivity contribution in [1.29, 1.82) is 0 Å². The van der Waals surface area contributed by atoms with E-state index in [4.69, 9.17) is 10.3 Å². The van der Waals surface area contributed by atoms with Gasteiger partial charge in [0.2, 0.25) is 0 Å². The minimum atomic E-state index is -0.0885. The van der Waals surface area contributed by atoms with Gasteiger partial charge in [0.15, 0.2) is 5.82 Å². The van der Waals surface area contributed by atoms with Gasteiger partial charge in [0, 0.05) is 31.0 Å². The zero-order valence-electron chi connectivity index (χ0n) is 16.1. The van der Waals surface area contributed by atoms with Crippen LogP contribution in [0.15, 0.2) is 59.1 Å². The van der Waals surface area contributed by atoms with Crippen molar-refractivity contribution in [3.8, 4) is 11.5 Å². The molecule has 2 aromatic carbocycles. The number of nitrogens with two attached hydrogens (primary N) is 1. The molecule has 28 heavy (non-hydrogen) atoms. The normalized spacial score (nSPS) is 19.4. The lowest BCUT2D eigenvalue weighted by Crippen LogP contribution is -2.32. The quantitative estimate of drug-likeness (QED) is 0.754. The Morgan fingerprint density at radius 3 is 2.54 bits per heavy atom. The van der Waals surface area contributed by atoms with E-state index < -0.39 is 0 Å². The molecule has 0 radical (unpaired) electrons. The Balaban J connectivity index is 1.61. The highest BCUT2D eigenvalue weighted by Gasteiger charge is 2.35. The zero-order valence-corrected chi connectivity index (χ0v) is 16.1. The average Bonchev–Trinajstić information content (AvgIpc) is 3.35. The second kappa shape index (κ2) is 7.56. The predicted molar refractivity (Wildman–Crippen MR) is 107 cm³/mol. The Bertz CT molecular complexity index is 967. The number of carbonyl (C=O) groups excluding carboxylic acids is 1. The molecule has 0 saturated carbocycles. The van der Waals surface area contributed by atoms with Crippen molar-refractivity contribution < 1.29 is 9.32 Å². The standard InChI is InChI=1S/C22H24N4O2/c1-14(2)20-24-21(28-25-20)16-10-6-7-11-17(16)22(27)26-12-18(19(23)13-26)15-8-4-3-5-9-15/h3-11,14,18-19H,12-13,23H2,1-2H3/t18-,19+/m0/s1. The van der Waals surface area contributed by atoms with Crippen molar-refractivity contribution in [1.82, 2.24) is 15.0 Å². The van der Waals surface area contributed by atoms with Crippen LogP contribution < -0.4 is 5.73 Å². The molecule has 0 unspecified atom stereocenters. The highest BCUT2D eigenvalue weighted by molar-refractivity contribution is 6.00. The van der Waals surface area contributed by atoms with E-state index in [1.165, 1.54) is 0 Å². The fourth-order valence-corrected chi connectivity index (χ4v) is 3.65. The Labute approximate surface area is 164 Å². The first-order valence-corrected chi connectivity index (χ1v) is 9.57. The van der Waals surface area contributed by atoms with Gasteiger partial charge in [-0.2, -0.15) is 4.98 Å². The first-order valence-electron chi connectivity index (χ1n) is 9.57. The smallest absolute Gasteiger partial charge is 0.258 e. The number of rotatable bonds is 4. The van der Waals surface area contributed by atoms with E-state index in [2.05, 4.69) is 22.3 Å². The monoisotopic (exact) mass is 376 g/mol. The van der Waals surface area contributed by atoms with Gasteiger partial charge in [-0.3, -0.25) is 4.79 Å². The van der Waals surface area contributed by atoms with Crippen LogP contribution in [-0.2, 0) is 0 Å². The van der Waals surface area contributed by atoms with Crippen molar-refractivity contribution in [3.63, 3.8) is 0 Å². The third kappa shape index (κ3) is 3.43. The fourth-order valence-electron chi connectivity index (χ4n) is 3.65. The van der Waals surface area contributed by atoms with Crippen LogP contribution in [-0.4, -0.2) is 40.1 Å². The molecule has 1 amide bonds. The number of benzene rings is 2. The van der Waals surface area contributed by atoms with Crippen molar-refractivity contribution in [2.75, 3.05) is 13.1 Å². The van der Waals surface area contributed by atoms with Crippen molar-refractivity contribution in [2.24, 2.45) is 5.73 Å². The first kappa shape index (κ1) is 18.4. The van der Waals surface area contributed by atoms with Crippen molar-refractivity contribution in [2.45, 2.75) is 31.7 Å². The maximum absolute atomic E-state index is 13.3. The lowest BCUT2D eigenvalue weighted by molar-refractivity contribution is 0.0789. The van der Waals surface area contributed by atoms with Gasteiger partial charge in [-0.25, -0.2) is 0 Å². The molecule has 1 aromatic heterocycles. The molecule has 144 valence electrons. The first-order chi connectivity index (χ1) is 13.5. The van der Waals surface area contributed by atoms with Crippen LogP contribution in [0, 0.1) is 0 Å². The SMILES string of the molecule is CC(C)c1noc(-c2ccccc2C(=O)N2C[C@@H](N)[C@H](c3ccccc3)C2)n1. The summed E-state index contributed by atoms with van der Waals surface area (Å²) in [4.78, 5) is 19.6. The molecule has 1 saturated heterocycles. The van der Waals surface area contributed by atoms with Crippen LogP contribution >= 0.6 is 0 Å². The molecule has 6 heteroatoms. The van der Waals surface area contributed by atoms with Crippen LogP contribution in [0.3, 0.4) is 0 Å². The highest BCUT2D eigenvalue weighted by Crippen LogP contribution is 2.30. The van der Waals surface area contributed by atoms with E-state index in [1.807, 2.05) is 55.1 Å². The Morgan fingerprint density at radius 1 is 1.11 bits per heavy atom. The molecule has 4 rings (SSSR count). The fraction of sp³-hybridized carbons (Fsp3) is 0.318. The van der Waals surface area contributed by atoms with Crippen molar-refractivity contribution >= 4 is 5.91 Å². The lowest BCUT2D eigenvalue weighted by Gasteiger charge is -2.17. The number of aromatic nitrogens is 2. The molecule has 0 bridgehead atoms. The molecule has 2 heterocycles. The molecule has 6 nitrogen and oxygen atoms in total. The highest BCUT2D eigenvalue weighted by atomic mass is 16.5. The van der Waals surface area contributed by atoms with Gasteiger partial charge in [-0.05, 0) is 17.7 Å². The van der Waals surface area contributed by atoms with E-state index >= 15 is 0 Å². The van der Waals surface area contributed by atoms with Gasteiger partial charge in [0.1, 0.15) is 0 Å². The van der Waals surface area contributed by atoms with E-state index in [9.17, 15) is 4.79 Å². The third-order valence-electron chi connectivity index (χ3n) is 5.23. The summed E-state index contributed by atoms with van der Waals surface area (Å²) in [6, 6.07) is 17.4. The molecular weight excluding hydrogens is 352 g/mol. The van der Waals surface area contributed by atoms with Crippen LogP contribution in [0.4, 0.5) is 0 Å². The van der Waals surface area contributed by atoms with Gasteiger partial charge in [-0.1, -0.05) is 61.5 Å². The largest absolute Gasteiger partial charge is 0.336 e. The summed E-state index contributed by atoms with van der Waals surface area (Å²) in [5.74, 6) is 1.23. The zero-order chi connectivity index (χ0) is 19.7. The minimum Gasteiger partial charge on any atom is -0.336 e. The Kier molecular flexibility index (Phi) is 4.96. The van der Waals surface area contributed by atoms with Gasteiger partial charge < -0.3 is 15.2 Å². The molecular formula is C22H24N4O2. The number of nitrogens with zero attached hydrogens (tertiary/aromatic N) is 3. The van der Waals surface area contributed by atoms with E-state index in [1.54, 1.807) is 6.07 Å². The van der Waals surface area contributed by atoms with Crippen LogP contribution in [0.1, 0.15) is 47.4 Å². The van der Waals surface area contributed by atoms with Gasteiger partial charge >= 0.3 is 0 Å². The molecule has 3 aromatic rings. The summed E-state index contributed by atoms with van der Waals surface area (Å²) >= 11 is 0. The predicted octanol–water partition coefficient (Wildman–Crippen LogP) is 3.43. The van der Waals surface area contributed by atoms with E-state index in [0.717, 1.165) is 5.56 Å². The number of hydrogen-bond donors (Lipinski definition) is 1. The van der Waals surface area contributed by atoms with Crippen molar-refractivity contribution in [3.05, 3.63) is 71.5 Å². The Morgan fingerprint density at radius 2 is 1.82 bits per heavy atom. The number of likely N-dealkylation sites (tertiary alicyclic amines) is 1. The minimum absolute atomic E-state index is 0.0613. The molecule has 0 spiro atoms. The average molecular weight is 376 g/mol. The van der Waals surface area contributed by atoms with Gasteiger partial charge in [0.05, 0.1) is 11.1 Å². The molecule has 1 fully saturated rings. The number of carbonyl (C=O) groups is 1. The maximum atomic E-state index is 13.3. The van der Waals surface area contributed by atoms with Crippen LogP contribution in [0.5, 0.6) is 0 Å². The summed E-state index contributed by atoms with van der Waals surface area (Å²) in [5.41, 5.74) is 8.75. The third-order valence-corrected chi connectivity index (χ3v) is 5.23.